The van der Waals surface area contributed by atoms with Gasteiger partial charge >= 0.3 is 0 Å². The van der Waals surface area contributed by atoms with Gasteiger partial charge < -0.3 is 10.2 Å². The quantitative estimate of drug-likeness (QED) is 0.897. The van der Waals surface area contributed by atoms with E-state index in [1.807, 2.05) is 35.9 Å². The highest BCUT2D eigenvalue weighted by Gasteiger charge is 2.26. The number of hydrogen-bond donors (Lipinski definition) is 1. The molecule has 2 aromatic rings. The summed E-state index contributed by atoms with van der Waals surface area (Å²) in [4.78, 5) is 26.3. The van der Waals surface area contributed by atoms with E-state index in [1.54, 1.807) is 4.90 Å². The van der Waals surface area contributed by atoms with Crippen LogP contribution in [0, 0.1) is 19.8 Å². The molecule has 1 N–H and O–H groups in total. The molecule has 0 aliphatic carbocycles. The third kappa shape index (κ3) is 3.64. The number of amides is 2. The number of carbonyl (C=O) groups is 2. The van der Waals surface area contributed by atoms with Gasteiger partial charge in [-0.3, -0.25) is 14.3 Å². The van der Waals surface area contributed by atoms with Crippen LogP contribution in [-0.4, -0.2) is 28.1 Å². The Morgan fingerprint density at radius 2 is 2.00 bits per heavy atom. The lowest BCUT2D eigenvalue weighted by Gasteiger charge is -2.29. The number of benzene rings is 1. The van der Waals surface area contributed by atoms with Crippen molar-refractivity contribution in [2.24, 2.45) is 5.92 Å². The number of hydrogen-bond acceptors (Lipinski definition) is 3. The van der Waals surface area contributed by atoms with Crippen LogP contribution in [-0.2, 0) is 22.6 Å². The van der Waals surface area contributed by atoms with Gasteiger partial charge in [0.1, 0.15) is 6.54 Å². The Hall–Kier alpha value is -2.63. The Morgan fingerprint density at radius 1 is 1.27 bits per heavy atom. The molecule has 2 amide bonds. The van der Waals surface area contributed by atoms with Crippen molar-refractivity contribution in [2.75, 3.05) is 16.8 Å². The van der Waals surface area contributed by atoms with Crippen molar-refractivity contribution in [1.29, 1.82) is 0 Å². The number of fused-ring (bicyclic) bond motifs is 1. The Kier molecular flexibility index (Phi) is 5.11. The van der Waals surface area contributed by atoms with Gasteiger partial charge in [0.05, 0.1) is 17.1 Å². The molecule has 0 saturated heterocycles. The maximum atomic E-state index is 12.8. The van der Waals surface area contributed by atoms with Crippen LogP contribution in [0.3, 0.4) is 0 Å². The number of aromatic nitrogens is 2. The highest BCUT2D eigenvalue weighted by Crippen LogP contribution is 2.29. The van der Waals surface area contributed by atoms with Gasteiger partial charge in [0.2, 0.25) is 11.8 Å². The molecule has 138 valence electrons. The lowest BCUT2D eigenvalue weighted by Crippen LogP contribution is -2.42. The molecule has 0 spiro atoms. The second-order valence-electron chi connectivity index (χ2n) is 7.27. The summed E-state index contributed by atoms with van der Waals surface area (Å²) >= 11 is 0. The lowest BCUT2D eigenvalue weighted by molar-refractivity contribution is -0.121. The molecule has 0 bridgehead atoms. The summed E-state index contributed by atoms with van der Waals surface area (Å²) in [5.41, 5.74) is 4.69. The molecular weight excluding hydrogens is 328 g/mol. The minimum absolute atomic E-state index is 0.0392. The minimum Gasteiger partial charge on any atom is -0.323 e. The van der Waals surface area contributed by atoms with E-state index in [2.05, 4.69) is 31.2 Å². The average Bonchev–Trinajstić information content (AvgIpc) is 2.84. The van der Waals surface area contributed by atoms with Crippen molar-refractivity contribution in [3.05, 3.63) is 41.2 Å². The molecule has 3 rings (SSSR count). The summed E-state index contributed by atoms with van der Waals surface area (Å²) in [7, 11) is 0. The van der Waals surface area contributed by atoms with Gasteiger partial charge in [0.15, 0.2) is 0 Å². The molecule has 0 saturated carbocycles. The SMILES string of the molecule is Cc1nn(CC(C)C)c(C)c1CCC(=O)N1CC(=O)Nc2ccccc21. The second kappa shape index (κ2) is 7.32. The van der Waals surface area contributed by atoms with Gasteiger partial charge in [-0.25, -0.2) is 0 Å². The van der Waals surface area contributed by atoms with E-state index < -0.39 is 0 Å². The summed E-state index contributed by atoms with van der Waals surface area (Å²) in [6.45, 7) is 9.33. The number of carbonyl (C=O) groups excluding carboxylic acids is 2. The van der Waals surface area contributed by atoms with E-state index in [0.717, 1.165) is 29.2 Å². The Balaban J connectivity index is 1.74. The van der Waals surface area contributed by atoms with E-state index in [-0.39, 0.29) is 18.4 Å². The zero-order chi connectivity index (χ0) is 18.8. The van der Waals surface area contributed by atoms with Gasteiger partial charge in [-0.1, -0.05) is 26.0 Å². The summed E-state index contributed by atoms with van der Waals surface area (Å²) in [5, 5.41) is 7.43. The lowest BCUT2D eigenvalue weighted by atomic mass is 10.1. The van der Waals surface area contributed by atoms with E-state index in [0.29, 0.717) is 24.4 Å². The summed E-state index contributed by atoms with van der Waals surface area (Å²) < 4.78 is 2.03. The maximum Gasteiger partial charge on any atom is 0.244 e. The smallest absolute Gasteiger partial charge is 0.244 e. The van der Waals surface area contributed by atoms with Gasteiger partial charge in [-0.2, -0.15) is 5.10 Å². The summed E-state index contributed by atoms with van der Waals surface area (Å²) in [6, 6.07) is 7.41. The van der Waals surface area contributed by atoms with Crippen molar-refractivity contribution < 1.29 is 9.59 Å². The van der Waals surface area contributed by atoms with Gasteiger partial charge in [0, 0.05) is 18.7 Å². The molecule has 6 nitrogen and oxygen atoms in total. The van der Waals surface area contributed by atoms with Crippen LogP contribution in [0.4, 0.5) is 11.4 Å². The molecule has 26 heavy (non-hydrogen) atoms. The molecule has 1 aliphatic heterocycles. The van der Waals surface area contributed by atoms with E-state index in [9.17, 15) is 9.59 Å². The fourth-order valence-electron chi connectivity index (χ4n) is 3.44. The highest BCUT2D eigenvalue weighted by molar-refractivity contribution is 6.09. The minimum atomic E-state index is -0.158. The van der Waals surface area contributed by atoms with E-state index in [4.69, 9.17) is 0 Å². The average molecular weight is 354 g/mol. The standard InChI is InChI=1S/C20H26N4O2/c1-13(2)11-24-15(4)16(14(3)22-24)9-10-20(26)23-12-19(25)21-17-7-5-6-8-18(17)23/h5-8,13H,9-12H2,1-4H3,(H,21,25). The molecule has 0 unspecified atom stereocenters. The predicted molar refractivity (Wildman–Crippen MR) is 102 cm³/mol. The molecule has 1 aromatic heterocycles. The molecule has 6 heteroatoms. The topological polar surface area (TPSA) is 67.2 Å². The molecule has 2 heterocycles. The molecule has 1 aliphatic rings. The van der Waals surface area contributed by atoms with Gasteiger partial charge in [-0.15, -0.1) is 0 Å². The van der Waals surface area contributed by atoms with Gasteiger partial charge in [-0.05, 0) is 43.9 Å². The molecule has 0 radical (unpaired) electrons. The number of nitrogens with zero attached hydrogens (tertiary/aromatic N) is 3. The fraction of sp³-hybridized carbons (Fsp3) is 0.450. The molecule has 0 atom stereocenters. The number of rotatable bonds is 5. The van der Waals surface area contributed by atoms with Crippen molar-refractivity contribution in [3.8, 4) is 0 Å². The zero-order valence-corrected chi connectivity index (χ0v) is 15.9. The predicted octanol–water partition coefficient (Wildman–Crippen LogP) is 3.07. The molecule has 0 fully saturated rings. The number of para-hydroxylation sites is 2. The first-order chi connectivity index (χ1) is 12.4. The van der Waals surface area contributed by atoms with Crippen LogP contribution >= 0.6 is 0 Å². The Labute approximate surface area is 154 Å². The van der Waals surface area contributed by atoms with Crippen molar-refractivity contribution >= 4 is 23.2 Å². The maximum absolute atomic E-state index is 12.8. The first-order valence-corrected chi connectivity index (χ1v) is 9.09. The van der Waals surface area contributed by atoms with Crippen molar-refractivity contribution in [2.45, 2.75) is 47.1 Å². The summed E-state index contributed by atoms with van der Waals surface area (Å²) in [5.74, 6) is 0.322. The normalized spacial score (nSPS) is 13.7. The third-order valence-electron chi connectivity index (χ3n) is 4.73. The van der Waals surface area contributed by atoms with Crippen LogP contribution in [0.15, 0.2) is 24.3 Å². The summed E-state index contributed by atoms with van der Waals surface area (Å²) in [6.07, 6.45) is 0.992. The molecular formula is C20H26N4O2. The van der Waals surface area contributed by atoms with Crippen LogP contribution in [0.2, 0.25) is 0 Å². The van der Waals surface area contributed by atoms with Crippen LogP contribution in [0.1, 0.15) is 37.2 Å². The Morgan fingerprint density at radius 3 is 2.73 bits per heavy atom. The Bertz CT molecular complexity index is 838. The second-order valence-corrected chi connectivity index (χ2v) is 7.27. The monoisotopic (exact) mass is 354 g/mol. The number of aryl methyl sites for hydroxylation is 1. The van der Waals surface area contributed by atoms with Crippen molar-refractivity contribution in [1.82, 2.24) is 9.78 Å². The third-order valence-corrected chi connectivity index (χ3v) is 4.73. The van der Waals surface area contributed by atoms with E-state index >= 15 is 0 Å². The number of anilines is 2. The van der Waals surface area contributed by atoms with Crippen LogP contribution < -0.4 is 10.2 Å². The largest absolute Gasteiger partial charge is 0.323 e. The highest BCUT2D eigenvalue weighted by atomic mass is 16.2. The van der Waals surface area contributed by atoms with Crippen molar-refractivity contribution in [3.63, 3.8) is 0 Å². The number of nitrogens with one attached hydrogen (secondary N) is 1. The first-order valence-electron chi connectivity index (χ1n) is 9.09. The van der Waals surface area contributed by atoms with Crippen LogP contribution in [0.5, 0.6) is 0 Å². The van der Waals surface area contributed by atoms with Gasteiger partial charge in [0.25, 0.3) is 0 Å². The molecule has 1 aromatic carbocycles. The van der Waals surface area contributed by atoms with E-state index in [1.165, 1.54) is 0 Å². The first kappa shape index (κ1) is 18.2. The zero-order valence-electron chi connectivity index (χ0n) is 15.9. The fourth-order valence-corrected chi connectivity index (χ4v) is 3.44. The van der Waals surface area contributed by atoms with Crippen LogP contribution in [0.25, 0.3) is 0 Å².